The van der Waals surface area contributed by atoms with Gasteiger partial charge in [0.2, 0.25) is 5.78 Å². The lowest BCUT2D eigenvalue weighted by atomic mass is 10.1. The Kier molecular flexibility index (Phi) is 2.95. The van der Waals surface area contributed by atoms with Crippen LogP contribution in [-0.4, -0.2) is 25.2 Å². The molecule has 1 heterocycles. The molecule has 6 heteroatoms. The largest absolute Gasteiger partial charge is 0.486 e. The summed E-state index contributed by atoms with van der Waals surface area (Å²) in [6.07, 6.45) is -5.48. The second-order valence-corrected chi connectivity index (χ2v) is 3.58. The van der Waals surface area contributed by atoms with Crippen LogP contribution in [0.5, 0.6) is 11.5 Å². The Bertz CT molecular complexity index is 440. The molecule has 0 aliphatic carbocycles. The maximum Gasteiger partial charge on any atom is 0.450 e. The Morgan fingerprint density at radius 3 is 2.47 bits per heavy atom. The molecule has 1 aliphatic rings. The topological polar surface area (TPSA) is 35.5 Å². The van der Waals surface area contributed by atoms with Gasteiger partial charge in [-0.15, -0.1) is 0 Å². The first-order valence-corrected chi connectivity index (χ1v) is 4.95. The summed E-state index contributed by atoms with van der Waals surface area (Å²) < 4.78 is 46.6. The van der Waals surface area contributed by atoms with E-state index in [1.165, 1.54) is 18.2 Å². The van der Waals surface area contributed by atoms with Gasteiger partial charge in [-0.2, -0.15) is 13.2 Å². The summed E-state index contributed by atoms with van der Waals surface area (Å²) in [5.74, 6) is -0.905. The van der Waals surface area contributed by atoms with E-state index in [9.17, 15) is 18.0 Å². The van der Waals surface area contributed by atoms with Crippen molar-refractivity contribution >= 4 is 5.78 Å². The average molecular weight is 246 g/mol. The third-order valence-electron chi connectivity index (χ3n) is 2.29. The quantitative estimate of drug-likeness (QED) is 0.801. The van der Waals surface area contributed by atoms with E-state index < -0.39 is 18.4 Å². The second kappa shape index (κ2) is 4.27. The van der Waals surface area contributed by atoms with Crippen LogP contribution in [0.1, 0.15) is 5.56 Å². The monoisotopic (exact) mass is 246 g/mol. The van der Waals surface area contributed by atoms with Gasteiger partial charge in [0.25, 0.3) is 0 Å². The first-order chi connectivity index (χ1) is 7.97. The van der Waals surface area contributed by atoms with E-state index in [2.05, 4.69) is 0 Å². The fraction of sp³-hybridized carbons (Fsp3) is 0.364. The summed E-state index contributed by atoms with van der Waals surface area (Å²) >= 11 is 0. The lowest BCUT2D eigenvalue weighted by Gasteiger charge is -2.18. The first-order valence-electron chi connectivity index (χ1n) is 4.95. The first kappa shape index (κ1) is 11.8. The molecule has 0 radical (unpaired) electrons. The molecular weight excluding hydrogens is 237 g/mol. The van der Waals surface area contributed by atoms with Crippen LogP contribution in [0.3, 0.4) is 0 Å². The van der Waals surface area contributed by atoms with Gasteiger partial charge in [-0.3, -0.25) is 4.79 Å². The van der Waals surface area contributed by atoms with Crippen LogP contribution >= 0.6 is 0 Å². The number of hydrogen-bond donors (Lipinski definition) is 0. The van der Waals surface area contributed by atoms with Crippen molar-refractivity contribution in [3.63, 3.8) is 0 Å². The highest BCUT2D eigenvalue weighted by Gasteiger charge is 2.37. The molecule has 17 heavy (non-hydrogen) atoms. The average Bonchev–Trinajstić information content (AvgIpc) is 2.27. The number of ether oxygens (including phenoxy) is 2. The maximum atomic E-state index is 12.1. The highest BCUT2D eigenvalue weighted by Crippen LogP contribution is 2.31. The van der Waals surface area contributed by atoms with E-state index in [4.69, 9.17) is 9.47 Å². The van der Waals surface area contributed by atoms with Crippen molar-refractivity contribution in [1.82, 2.24) is 0 Å². The minimum absolute atomic E-state index is 0.261. The van der Waals surface area contributed by atoms with Crippen molar-refractivity contribution in [2.24, 2.45) is 0 Å². The van der Waals surface area contributed by atoms with Crippen molar-refractivity contribution in [2.75, 3.05) is 13.2 Å². The number of Topliss-reactive ketones (excluding diaryl/α,β-unsaturated/α-hetero) is 1. The van der Waals surface area contributed by atoms with Gasteiger partial charge in [-0.05, 0) is 17.7 Å². The Labute approximate surface area is 95.1 Å². The van der Waals surface area contributed by atoms with Crippen LogP contribution < -0.4 is 9.47 Å². The molecule has 3 nitrogen and oxygen atoms in total. The van der Waals surface area contributed by atoms with E-state index in [1.54, 1.807) is 0 Å². The van der Waals surface area contributed by atoms with Gasteiger partial charge in [0.15, 0.2) is 11.5 Å². The molecule has 1 aromatic rings. The standard InChI is InChI=1S/C11H9F3O3/c12-11(13,14)10(15)6-7-1-2-8-9(5-7)17-4-3-16-8/h1-2,5H,3-4,6H2. The molecule has 0 bridgehead atoms. The van der Waals surface area contributed by atoms with Gasteiger partial charge in [0.05, 0.1) is 0 Å². The molecule has 0 unspecified atom stereocenters. The van der Waals surface area contributed by atoms with Crippen molar-refractivity contribution in [1.29, 1.82) is 0 Å². The molecule has 1 aliphatic heterocycles. The lowest BCUT2D eigenvalue weighted by Crippen LogP contribution is -2.24. The minimum atomic E-state index is -4.80. The Hall–Kier alpha value is -1.72. The smallest absolute Gasteiger partial charge is 0.450 e. The van der Waals surface area contributed by atoms with Gasteiger partial charge in [-0.1, -0.05) is 6.07 Å². The predicted octanol–water partition coefficient (Wildman–Crippen LogP) is 2.13. The zero-order valence-corrected chi connectivity index (χ0v) is 8.71. The molecule has 0 saturated heterocycles. The number of carbonyl (C=O) groups is 1. The fourth-order valence-electron chi connectivity index (χ4n) is 1.48. The predicted molar refractivity (Wildman–Crippen MR) is 52.2 cm³/mol. The molecule has 0 amide bonds. The highest BCUT2D eigenvalue weighted by molar-refractivity contribution is 5.86. The molecule has 0 atom stereocenters. The number of hydrogen-bond acceptors (Lipinski definition) is 3. The number of halogens is 3. The summed E-state index contributed by atoms with van der Waals surface area (Å²) in [7, 11) is 0. The van der Waals surface area contributed by atoms with Crippen LogP contribution in [0, 0.1) is 0 Å². The zero-order valence-electron chi connectivity index (χ0n) is 8.71. The Balaban J connectivity index is 2.15. The van der Waals surface area contributed by atoms with Gasteiger partial charge >= 0.3 is 6.18 Å². The third kappa shape index (κ3) is 2.69. The van der Waals surface area contributed by atoms with Crippen molar-refractivity contribution in [3.8, 4) is 11.5 Å². The van der Waals surface area contributed by atoms with Crippen LogP contribution in [0.25, 0.3) is 0 Å². The normalized spacial score (nSPS) is 14.5. The SMILES string of the molecule is O=C(Cc1ccc2c(c1)OCCO2)C(F)(F)F. The fourth-order valence-corrected chi connectivity index (χ4v) is 1.48. The maximum absolute atomic E-state index is 12.1. The van der Waals surface area contributed by atoms with Crippen LogP contribution in [0.15, 0.2) is 18.2 Å². The van der Waals surface area contributed by atoms with E-state index in [1.807, 2.05) is 0 Å². The van der Waals surface area contributed by atoms with Crippen molar-refractivity contribution < 1.29 is 27.4 Å². The molecule has 0 N–H and O–H groups in total. The number of carbonyl (C=O) groups excluding carboxylic acids is 1. The summed E-state index contributed by atoms with van der Waals surface area (Å²) in [6.45, 7) is 0.761. The highest BCUT2D eigenvalue weighted by atomic mass is 19.4. The van der Waals surface area contributed by atoms with E-state index in [0.717, 1.165) is 0 Å². The summed E-state index contributed by atoms with van der Waals surface area (Å²) in [6, 6.07) is 4.34. The van der Waals surface area contributed by atoms with Crippen LogP contribution in [0.4, 0.5) is 13.2 Å². The van der Waals surface area contributed by atoms with E-state index in [0.29, 0.717) is 24.7 Å². The summed E-state index contributed by atoms with van der Waals surface area (Å²) in [5.41, 5.74) is 0.261. The Morgan fingerprint density at radius 2 is 1.82 bits per heavy atom. The van der Waals surface area contributed by atoms with Gasteiger partial charge in [-0.25, -0.2) is 0 Å². The second-order valence-electron chi connectivity index (χ2n) is 3.58. The molecule has 0 fully saturated rings. The third-order valence-corrected chi connectivity index (χ3v) is 2.29. The molecule has 1 aromatic carbocycles. The number of alkyl halides is 3. The summed E-state index contributed by atoms with van der Waals surface area (Å²) in [4.78, 5) is 10.8. The molecule has 92 valence electrons. The molecular formula is C11H9F3O3. The van der Waals surface area contributed by atoms with E-state index in [-0.39, 0.29) is 5.56 Å². The molecule has 0 saturated carbocycles. The Morgan fingerprint density at radius 1 is 1.18 bits per heavy atom. The number of rotatable bonds is 2. The molecule has 2 rings (SSSR count). The van der Waals surface area contributed by atoms with Gasteiger partial charge in [0, 0.05) is 6.42 Å². The number of fused-ring (bicyclic) bond motifs is 1. The van der Waals surface area contributed by atoms with Gasteiger partial charge < -0.3 is 9.47 Å². The van der Waals surface area contributed by atoms with E-state index >= 15 is 0 Å². The lowest BCUT2D eigenvalue weighted by molar-refractivity contribution is -0.170. The van der Waals surface area contributed by atoms with Gasteiger partial charge in [0.1, 0.15) is 13.2 Å². The number of benzene rings is 1. The minimum Gasteiger partial charge on any atom is -0.486 e. The van der Waals surface area contributed by atoms with Crippen LogP contribution in [-0.2, 0) is 11.2 Å². The molecule has 0 aromatic heterocycles. The van der Waals surface area contributed by atoms with Crippen molar-refractivity contribution in [2.45, 2.75) is 12.6 Å². The number of ketones is 1. The summed E-state index contributed by atoms with van der Waals surface area (Å²) in [5, 5.41) is 0. The molecule has 0 spiro atoms. The zero-order chi connectivity index (χ0) is 12.5. The van der Waals surface area contributed by atoms with Crippen LogP contribution in [0.2, 0.25) is 0 Å². The van der Waals surface area contributed by atoms with Crippen molar-refractivity contribution in [3.05, 3.63) is 23.8 Å².